The maximum atomic E-state index is 12.7. The molecule has 0 bridgehead atoms. The monoisotopic (exact) mass is 343 g/mol. The van der Waals surface area contributed by atoms with Crippen molar-refractivity contribution < 1.29 is 4.79 Å². The van der Waals surface area contributed by atoms with E-state index >= 15 is 0 Å². The lowest BCUT2D eigenvalue weighted by molar-refractivity contribution is -0.123. The number of rotatable bonds is 6. The first-order valence-corrected chi connectivity index (χ1v) is 8.33. The summed E-state index contributed by atoms with van der Waals surface area (Å²) in [7, 11) is 0. The summed E-state index contributed by atoms with van der Waals surface area (Å²) in [4.78, 5) is 12.7. The van der Waals surface area contributed by atoms with Crippen LogP contribution in [0.15, 0.2) is 30.3 Å². The fourth-order valence-electron chi connectivity index (χ4n) is 2.34. The number of hydrogen-bond donors (Lipinski definition) is 1. The van der Waals surface area contributed by atoms with Gasteiger partial charge < -0.3 is 5.32 Å². The molecule has 0 aliphatic heterocycles. The van der Waals surface area contributed by atoms with E-state index in [0.29, 0.717) is 18.8 Å². The van der Waals surface area contributed by atoms with E-state index in [1.54, 1.807) is 6.92 Å². The van der Waals surface area contributed by atoms with Crippen molar-refractivity contribution in [2.24, 2.45) is 0 Å². The normalized spacial score (nSPS) is 12.1. The van der Waals surface area contributed by atoms with Crippen LogP contribution in [0.1, 0.15) is 27.4 Å². The van der Waals surface area contributed by atoms with E-state index in [-0.39, 0.29) is 5.91 Å². The molecule has 1 aromatic carbocycles. The van der Waals surface area contributed by atoms with Crippen LogP contribution in [0.5, 0.6) is 0 Å². The highest BCUT2D eigenvalue weighted by Crippen LogP contribution is 2.18. The number of amides is 1. The van der Waals surface area contributed by atoms with E-state index in [0.717, 1.165) is 15.6 Å². The minimum absolute atomic E-state index is 0.155. The Morgan fingerprint density at radius 2 is 2.00 bits per heavy atom. The zero-order valence-electron chi connectivity index (χ0n) is 13.4. The Labute approximate surface area is 142 Å². The molecular formula is C15H17N7OS. The van der Waals surface area contributed by atoms with Crippen LogP contribution in [0, 0.1) is 13.8 Å². The van der Waals surface area contributed by atoms with Crippen LogP contribution in [0.3, 0.4) is 0 Å². The van der Waals surface area contributed by atoms with Gasteiger partial charge in [-0.05, 0) is 29.8 Å². The SMILES string of the molecule is Cc1nnc(CCNC(=O)[C@@H](c2ccccc2)n2nnnc2C)s1. The summed E-state index contributed by atoms with van der Waals surface area (Å²) in [5, 5.41) is 24.3. The predicted octanol–water partition coefficient (Wildman–Crippen LogP) is 1.09. The molecule has 124 valence electrons. The fraction of sp³-hybridized carbons (Fsp3) is 0.333. The molecule has 0 radical (unpaired) electrons. The Morgan fingerprint density at radius 3 is 2.62 bits per heavy atom. The van der Waals surface area contributed by atoms with E-state index in [9.17, 15) is 4.79 Å². The summed E-state index contributed by atoms with van der Waals surface area (Å²) >= 11 is 1.53. The van der Waals surface area contributed by atoms with Gasteiger partial charge in [-0.1, -0.05) is 30.3 Å². The second kappa shape index (κ2) is 7.26. The van der Waals surface area contributed by atoms with Gasteiger partial charge in [0.05, 0.1) is 0 Å². The summed E-state index contributed by atoms with van der Waals surface area (Å²) in [6.45, 7) is 4.16. The van der Waals surface area contributed by atoms with Gasteiger partial charge in [-0.2, -0.15) is 0 Å². The minimum atomic E-state index is -0.600. The molecule has 1 amide bonds. The third-order valence-electron chi connectivity index (χ3n) is 3.47. The first-order valence-electron chi connectivity index (χ1n) is 7.51. The number of carbonyl (C=O) groups excluding carboxylic acids is 1. The lowest BCUT2D eigenvalue weighted by Gasteiger charge is -2.17. The van der Waals surface area contributed by atoms with Crippen LogP contribution in [0.4, 0.5) is 0 Å². The van der Waals surface area contributed by atoms with Crippen LogP contribution in [0.25, 0.3) is 0 Å². The van der Waals surface area contributed by atoms with E-state index in [1.807, 2.05) is 37.3 Å². The van der Waals surface area contributed by atoms with Gasteiger partial charge in [0, 0.05) is 13.0 Å². The number of aromatic nitrogens is 6. The van der Waals surface area contributed by atoms with Crippen molar-refractivity contribution in [2.75, 3.05) is 6.54 Å². The van der Waals surface area contributed by atoms with Gasteiger partial charge in [0.2, 0.25) is 5.91 Å². The molecule has 0 saturated carbocycles. The van der Waals surface area contributed by atoms with Crippen molar-refractivity contribution in [3.63, 3.8) is 0 Å². The Morgan fingerprint density at radius 1 is 1.21 bits per heavy atom. The maximum absolute atomic E-state index is 12.7. The van der Waals surface area contributed by atoms with Crippen LogP contribution in [-0.2, 0) is 11.2 Å². The van der Waals surface area contributed by atoms with Gasteiger partial charge in [-0.15, -0.1) is 26.6 Å². The molecule has 0 aliphatic rings. The largest absolute Gasteiger partial charge is 0.354 e. The number of carbonyl (C=O) groups is 1. The summed E-state index contributed by atoms with van der Waals surface area (Å²) in [5.74, 6) is 0.427. The van der Waals surface area contributed by atoms with E-state index in [4.69, 9.17) is 0 Å². The predicted molar refractivity (Wildman–Crippen MR) is 88.5 cm³/mol. The van der Waals surface area contributed by atoms with Gasteiger partial charge in [0.25, 0.3) is 0 Å². The molecule has 9 heteroatoms. The molecule has 24 heavy (non-hydrogen) atoms. The smallest absolute Gasteiger partial charge is 0.249 e. The molecule has 1 atom stereocenters. The van der Waals surface area contributed by atoms with Crippen molar-refractivity contribution in [3.05, 3.63) is 51.7 Å². The average molecular weight is 343 g/mol. The van der Waals surface area contributed by atoms with Crippen LogP contribution >= 0.6 is 11.3 Å². The average Bonchev–Trinajstić information content (AvgIpc) is 3.18. The molecular weight excluding hydrogens is 326 g/mol. The number of hydrogen-bond acceptors (Lipinski definition) is 7. The summed E-state index contributed by atoms with van der Waals surface area (Å²) < 4.78 is 1.53. The molecule has 3 rings (SSSR count). The molecule has 0 aliphatic carbocycles. The zero-order chi connectivity index (χ0) is 16.9. The number of nitrogens with zero attached hydrogens (tertiary/aromatic N) is 6. The summed E-state index contributed by atoms with van der Waals surface area (Å²) in [6.07, 6.45) is 0.646. The van der Waals surface area contributed by atoms with Crippen molar-refractivity contribution in [1.82, 2.24) is 35.7 Å². The Hall–Kier alpha value is -2.68. The summed E-state index contributed by atoms with van der Waals surface area (Å²) in [6, 6.07) is 8.86. The van der Waals surface area contributed by atoms with Crippen LogP contribution < -0.4 is 5.32 Å². The quantitative estimate of drug-likeness (QED) is 0.719. The molecule has 0 saturated heterocycles. The first-order chi connectivity index (χ1) is 11.6. The first kappa shape index (κ1) is 16.2. The highest BCUT2D eigenvalue weighted by Gasteiger charge is 2.25. The molecule has 0 spiro atoms. The molecule has 1 N–H and O–H groups in total. The lowest BCUT2D eigenvalue weighted by Crippen LogP contribution is -2.35. The van der Waals surface area contributed by atoms with Crippen molar-refractivity contribution in [1.29, 1.82) is 0 Å². The Bertz CT molecular complexity index is 814. The van der Waals surface area contributed by atoms with Gasteiger partial charge in [-0.25, -0.2) is 4.68 Å². The maximum Gasteiger partial charge on any atom is 0.249 e. The topological polar surface area (TPSA) is 98.5 Å². The number of nitrogens with one attached hydrogen (secondary N) is 1. The van der Waals surface area contributed by atoms with Crippen LogP contribution in [-0.4, -0.2) is 42.9 Å². The van der Waals surface area contributed by atoms with E-state index in [1.165, 1.54) is 16.0 Å². The van der Waals surface area contributed by atoms with Gasteiger partial charge in [0.15, 0.2) is 6.04 Å². The molecule has 0 unspecified atom stereocenters. The van der Waals surface area contributed by atoms with Gasteiger partial charge >= 0.3 is 0 Å². The Kier molecular flexibility index (Phi) is 4.90. The fourth-order valence-corrected chi connectivity index (χ4v) is 3.05. The number of aryl methyl sites for hydroxylation is 2. The minimum Gasteiger partial charge on any atom is -0.354 e. The number of benzene rings is 1. The Balaban J connectivity index is 1.73. The summed E-state index contributed by atoms with van der Waals surface area (Å²) in [5.41, 5.74) is 0.831. The van der Waals surface area contributed by atoms with Crippen LogP contribution in [0.2, 0.25) is 0 Å². The number of tetrazole rings is 1. The molecule has 2 aromatic heterocycles. The highest BCUT2D eigenvalue weighted by atomic mass is 32.1. The second-order valence-electron chi connectivity index (χ2n) is 5.24. The second-order valence-corrected chi connectivity index (χ2v) is 6.51. The molecule has 3 aromatic rings. The van der Waals surface area contributed by atoms with Gasteiger partial charge in [0.1, 0.15) is 15.8 Å². The molecule has 0 fully saturated rings. The lowest BCUT2D eigenvalue weighted by atomic mass is 10.1. The third kappa shape index (κ3) is 3.62. The van der Waals surface area contributed by atoms with Crippen molar-refractivity contribution in [2.45, 2.75) is 26.3 Å². The van der Waals surface area contributed by atoms with Crippen molar-refractivity contribution in [3.8, 4) is 0 Å². The zero-order valence-corrected chi connectivity index (χ0v) is 14.2. The highest BCUT2D eigenvalue weighted by molar-refractivity contribution is 7.11. The molecule has 2 heterocycles. The van der Waals surface area contributed by atoms with Crippen molar-refractivity contribution >= 4 is 17.2 Å². The van der Waals surface area contributed by atoms with E-state index < -0.39 is 6.04 Å². The van der Waals surface area contributed by atoms with Gasteiger partial charge in [-0.3, -0.25) is 4.79 Å². The third-order valence-corrected chi connectivity index (χ3v) is 4.37. The van der Waals surface area contributed by atoms with E-state index in [2.05, 4.69) is 31.0 Å². The molecule has 8 nitrogen and oxygen atoms in total. The standard InChI is InChI=1S/C15H17N7OS/c1-10-17-20-21-22(10)14(12-6-4-3-5-7-12)15(23)16-9-8-13-19-18-11(2)24-13/h3-7,14H,8-9H2,1-2H3,(H,16,23)/t14-/m1/s1.